The van der Waals surface area contributed by atoms with E-state index in [0.717, 1.165) is 50.3 Å². The molecule has 0 atom stereocenters. The summed E-state index contributed by atoms with van der Waals surface area (Å²) in [6, 6.07) is 23.6. The van der Waals surface area contributed by atoms with Gasteiger partial charge >= 0.3 is 0 Å². The third-order valence-electron chi connectivity index (χ3n) is 7.90. The highest BCUT2D eigenvalue weighted by molar-refractivity contribution is 5.98. The molecule has 0 saturated heterocycles. The number of ether oxygens (including phenoxy) is 2. The Labute approximate surface area is 256 Å². The second kappa shape index (κ2) is 14.2. The van der Waals surface area contributed by atoms with Gasteiger partial charge in [-0.3, -0.25) is 9.59 Å². The molecule has 8 heteroatoms. The topological polar surface area (TPSA) is 83.7 Å². The monoisotopic (exact) mass is 595 g/mol. The molecule has 0 aliphatic heterocycles. The van der Waals surface area contributed by atoms with Crippen molar-refractivity contribution in [3.8, 4) is 11.5 Å². The van der Waals surface area contributed by atoms with E-state index < -0.39 is 5.82 Å². The molecule has 0 spiro atoms. The minimum absolute atomic E-state index is 0.0510. The molecule has 0 bridgehead atoms. The number of H-pyrrole nitrogens is 1. The maximum absolute atomic E-state index is 14.4. The standard InChI is InChI=1S/C36H38FN3O4/c1-40(23-25-16-19-31(43-2)32(21-25)44-3)20-6-4-5-9-24-14-17-27(18-15-24)38-33(41)22-26-10-7-11-28-34(26)39-35-29(36(28)42)12-8-13-30(35)37/h7-8,10-19,21H,4-6,9,20,22-23H2,1-3H3,(H,38,41)(H,39,42). The number of nitrogens with zero attached hydrogens (tertiary/aromatic N) is 1. The lowest BCUT2D eigenvalue weighted by Gasteiger charge is -2.17. The first-order valence-corrected chi connectivity index (χ1v) is 14.9. The number of aryl methyl sites for hydroxylation is 1. The molecule has 0 aliphatic carbocycles. The molecule has 0 saturated carbocycles. The van der Waals surface area contributed by atoms with E-state index in [9.17, 15) is 14.0 Å². The van der Waals surface area contributed by atoms with Crippen molar-refractivity contribution in [1.82, 2.24) is 9.88 Å². The van der Waals surface area contributed by atoms with E-state index in [-0.39, 0.29) is 28.7 Å². The second-order valence-corrected chi connectivity index (χ2v) is 11.1. The minimum atomic E-state index is -0.501. The average molecular weight is 596 g/mol. The van der Waals surface area contributed by atoms with Gasteiger partial charge in [-0.15, -0.1) is 0 Å². The van der Waals surface area contributed by atoms with Crippen LogP contribution in [0.2, 0.25) is 0 Å². The highest BCUT2D eigenvalue weighted by Crippen LogP contribution is 2.28. The van der Waals surface area contributed by atoms with Gasteiger partial charge in [-0.25, -0.2) is 4.39 Å². The van der Waals surface area contributed by atoms with E-state index in [2.05, 4.69) is 28.3 Å². The van der Waals surface area contributed by atoms with Gasteiger partial charge in [0.1, 0.15) is 5.82 Å². The number of aromatic amines is 1. The van der Waals surface area contributed by atoms with E-state index in [1.165, 1.54) is 23.3 Å². The Bertz CT molecular complexity index is 1820. The molecule has 5 aromatic rings. The van der Waals surface area contributed by atoms with Crippen LogP contribution in [0.1, 0.15) is 36.0 Å². The van der Waals surface area contributed by atoms with Gasteiger partial charge < -0.3 is 24.7 Å². The molecule has 0 aliphatic rings. The normalized spacial score (nSPS) is 11.3. The van der Waals surface area contributed by atoms with Crippen LogP contribution in [0.3, 0.4) is 0 Å². The summed E-state index contributed by atoms with van der Waals surface area (Å²) in [4.78, 5) is 31.2. The smallest absolute Gasteiger partial charge is 0.228 e. The fourth-order valence-corrected chi connectivity index (χ4v) is 5.59. The first-order chi connectivity index (χ1) is 21.4. The van der Waals surface area contributed by atoms with Gasteiger partial charge in [0, 0.05) is 23.0 Å². The number of amides is 1. The molecule has 44 heavy (non-hydrogen) atoms. The maximum Gasteiger partial charge on any atom is 0.228 e. The van der Waals surface area contributed by atoms with Crippen LogP contribution in [0.25, 0.3) is 21.8 Å². The molecule has 0 unspecified atom stereocenters. The Kier molecular flexibility index (Phi) is 9.92. The molecule has 7 nitrogen and oxygen atoms in total. The Hall–Kier alpha value is -4.69. The molecule has 2 N–H and O–H groups in total. The zero-order chi connectivity index (χ0) is 31.1. The Balaban J connectivity index is 1.09. The molecule has 4 aromatic carbocycles. The number of hydrogen-bond acceptors (Lipinski definition) is 5. The van der Waals surface area contributed by atoms with Crippen molar-refractivity contribution in [1.29, 1.82) is 0 Å². The van der Waals surface area contributed by atoms with Gasteiger partial charge in [-0.05, 0) is 92.0 Å². The number of unbranched alkanes of at least 4 members (excludes halogenated alkanes) is 2. The largest absolute Gasteiger partial charge is 0.493 e. The third kappa shape index (κ3) is 7.26. The number of aromatic nitrogens is 1. The number of anilines is 1. The van der Waals surface area contributed by atoms with Crippen molar-refractivity contribution in [2.45, 2.75) is 38.6 Å². The van der Waals surface area contributed by atoms with Crippen LogP contribution in [0.15, 0.2) is 83.7 Å². The lowest BCUT2D eigenvalue weighted by molar-refractivity contribution is -0.115. The predicted molar refractivity (Wildman–Crippen MR) is 174 cm³/mol. The van der Waals surface area contributed by atoms with Gasteiger partial charge in [0.15, 0.2) is 16.9 Å². The number of methoxy groups -OCH3 is 2. The van der Waals surface area contributed by atoms with E-state index in [0.29, 0.717) is 22.2 Å². The first kappa shape index (κ1) is 30.8. The van der Waals surface area contributed by atoms with Crippen molar-refractivity contribution in [3.63, 3.8) is 0 Å². The quantitative estimate of drug-likeness (QED) is 0.115. The number of halogens is 1. The summed E-state index contributed by atoms with van der Waals surface area (Å²) >= 11 is 0. The van der Waals surface area contributed by atoms with Gasteiger partial charge in [-0.2, -0.15) is 0 Å². The number of pyridine rings is 1. The van der Waals surface area contributed by atoms with Crippen molar-refractivity contribution in [3.05, 3.63) is 112 Å². The van der Waals surface area contributed by atoms with Gasteiger partial charge in [0.05, 0.1) is 31.7 Å². The van der Waals surface area contributed by atoms with Gasteiger partial charge in [0.25, 0.3) is 0 Å². The van der Waals surface area contributed by atoms with Crippen LogP contribution in [-0.4, -0.2) is 43.6 Å². The van der Waals surface area contributed by atoms with E-state index in [1.54, 1.807) is 38.5 Å². The number of carbonyl (C=O) groups excluding carboxylic acids is 1. The summed E-state index contributed by atoms with van der Waals surface area (Å²) in [7, 11) is 5.42. The number of fused-ring (bicyclic) bond motifs is 2. The zero-order valence-electron chi connectivity index (χ0n) is 25.4. The third-order valence-corrected chi connectivity index (χ3v) is 7.90. The fourth-order valence-electron chi connectivity index (χ4n) is 5.59. The summed E-state index contributed by atoms with van der Waals surface area (Å²) in [5.41, 5.74) is 4.13. The molecular formula is C36H38FN3O4. The second-order valence-electron chi connectivity index (χ2n) is 11.1. The van der Waals surface area contributed by atoms with E-state index in [1.807, 2.05) is 36.4 Å². The molecule has 1 amide bonds. The number of rotatable bonds is 13. The summed E-state index contributed by atoms with van der Waals surface area (Å²) < 4.78 is 25.1. The highest BCUT2D eigenvalue weighted by atomic mass is 19.1. The lowest BCUT2D eigenvalue weighted by atomic mass is 10.0. The van der Waals surface area contributed by atoms with Gasteiger partial charge in [0.2, 0.25) is 5.91 Å². The zero-order valence-corrected chi connectivity index (χ0v) is 25.4. The number of para-hydroxylation sites is 2. The number of hydrogen-bond donors (Lipinski definition) is 2. The Morgan fingerprint density at radius 1 is 0.841 bits per heavy atom. The predicted octanol–water partition coefficient (Wildman–Crippen LogP) is 6.86. The van der Waals surface area contributed by atoms with Crippen molar-refractivity contribution in [2.24, 2.45) is 0 Å². The summed E-state index contributed by atoms with van der Waals surface area (Å²) in [6.07, 6.45) is 4.35. The molecular weight excluding hydrogens is 557 g/mol. The minimum Gasteiger partial charge on any atom is -0.493 e. The van der Waals surface area contributed by atoms with E-state index >= 15 is 0 Å². The molecule has 1 heterocycles. The lowest BCUT2D eigenvalue weighted by Crippen LogP contribution is -2.19. The Morgan fingerprint density at radius 3 is 2.30 bits per heavy atom. The Morgan fingerprint density at radius 2 is 1.55 bits per heavy atom. The van der Waals surface area contributed by atoms with Crippen molar-refractivity contribution >= 4 is 33.4 Å². The van der Waals surface area contributed by atoms with Crippen molar-refractivity contribution < 1.29 is 18.7 Å². The number of carbonyl (C=O) groups is 1. The van der Waals surface area contributed by atoms with Crippen LogP contribution >= 0.6 is 0 Å². The van der Waals surface area contributed by atoms with Crippen LogP contribution in [0.5, 0.6) is 11.5 Å². The maximum atomic E-state index is 14.4. The number of nitrogens with one attached hydrogen (secondary N) is 2. The number of benzene rings is 4. The van der Waals surface area contributed by atoms with E-state index in [4.69, 9.17) is 9.47 Å². The summed E-state index contributed by atoms with van der Waals surface area (Å²) in [6.45, 7) is 1.86. The first-order valence-electron chi connectivity index (χ1n) is 14.9. The summed E-state index contributed by atoms with van der Waals surface area (Å²) in [5.74, 6) is 0.774. The molecule has 5 rings (SSSR count). The average Bonchev–Trinajstić information content (AvgIpc) is 3.02. The fraction of sp³-hybridized carbons (Fsp3) is 0.278. The highest BCUT2D eigenvalue weighted by Gasteiger charge is 2.14. The molecule has 1 aromatic heterocycles. The van der Waals surface area contributed by atoms with Crippen LogP contribution < -0.4 is 20.2 Å². The van der Waals surface area contributed by atoms with Crippen molar-refractivity contribution in [2.75, 3.05) is 33.1 Å². The van der Waals surface area contributed by atoms with Crippen LogP contribution in [-0.2, 0) is 24.2 Å². The summed E-state index contributed by atoms with van der Waals surface area (Å²) in [5, 5.41) is 3.66. The van der Waals surface area contributed by atoms with Crippen LogP contribution in [0, 0.1) is 5.82 Å². The molecule has 0 fully saturated rings. The van der Waals surface area contributed by atoms with Crippen LogP contribution in [0.4, 0.5) is 10.1 Å². The molecule has 228 valence electrons. The van der Waals surface area contributed by atoms with Gasteiger partial charge in [-0.1, -0.05) is 42.8 Å². The molecule has 0 radical (unpaired) electrons. The SMILES string of the molecule is COc1ccc(CN(C)CCCCCc2ccc(NC(=O)Cc3cccc4c(=O)c5cccc(F)c5[nH]c34)cc2)cc1OC.